The van der Waals surface area contributed by atoms with E-state index in [0.717, 1.165) is 72.1 Å². The van der Waals surface area contributed by atoms with Crippen LogP contribution in [0.1, 0.15) is 0 Å². The number of furan rings is 1. The molecule has 13 aromatic rings. The van der Waals surface area contributed by atoms with Crippen molar-refractivity contribution in [2.75, 3.05) is 0 Å². The Balaban J connectivity index is 1.08. The van der Waals surface area contributed by atoms with Crippen LogP contribution in [-0.4, -0.2) is 24.1 Å². The average molecular weight is 780 g/mol. The van der Waals surface area contributed by atoms with E-state index in [1.54, 1.807) is 0 Å². The molecule has 0 radical (unpaired) electrons. The fourth-order valence-electron chi connectivity index (χ4n) is 9.40. The maximum atomic E-state index is 6.92. The van der Waals surface area contributed by atoms with Gasteiger partial charge in [0.15, 0.2) is 23.1 Å². The first kappa shape index (κ1) is 33.6. The monoisotopic (exact) mass is 779 g/mol. The molecule has 0 aliphatic rings. The average Bonchev–Trinajstić information content (AvgIpc) is 3.99. The highest BCUT2D eigenvalue weighted by molar-refractivity contribution is 6.18. The second kappa shape index (κ2) is 13.1. The van der Waals surface area contributed by atoms with Gasteiger partial charge in [-0.3, -0.25) is 0 Å². The van der Waals surface area contributed by atoms with Gasteiger partial charge < -0.3 is 13.6 Å². The third kappa shape index (κ3) is 5.12. The summed E-state index contributed by atoms with van der Waals surface area (Å²) in [6.07, 6.45) is 0. The lowest BCUT2D eigenvalue weighted by atomic mass is 10.0. The first-order valence-corrected chi connectivity index (χ1v) is 20.5. The Morgan fingerprint density at radius 1 is 0.361 bits per heavy atom. The largest absolute Gasteiger partial charge is 0.454 e. The number of hydrogen-bond donors (Lipinski definition) is 0. The fraction of sp³-hybridized carbons (Fsp3) is 0. The van der Waals surface area contributed by atoms with Crippen LogP contribution in [0.5, 0.6) is 0 Å². The third-order valence-corrected chi connectivity index (χ3v) is 12.1. The molecule has 0 spiro atoms. The van der Waals surface area contributed by atoms with Gasteiger partial charge in [0.1, 0.15) is 5.58 Å². The standard InChI is InChI=1S/C55H33N5O/c1-3-15-34(16-4-1)53-56-54(37-27-28-41-39-21-9-12-24-45(39)59(48(41)33-37)38-19-5-2-6-20-38)58-55(57-53)43-29-30-47(52-51(43)42-23-11-14-26-50(42)61-52)60-46-25-13-10-22-40(46)44-31-35-17-7-8-18-36(35)32-49(44)60/h1-33H. The molecule has 0 aliphatic heterocycles. The van der Waals surface area contributed by atoms with Crippen molar-refractivity contribution in [3.63, 3.8) is 0 Å². The van der Waals surface area contributed by atoms with Crippen molar-refractivity contribution < 1.29 is 4.42 Å². The Hall–Kier alpha value is -8.35. The fourth-order valence-corrected chi connectivity index (χ4v) is 9.40. The molecular weight excluding hydrogens is 747 g/mol. The molecule has 4 aromatic heterocycles. The van der Waals surface area contributed by atoms with E-state index in [4.69, 9.17) is 19.4 Å². The second-order valence-electron chi connectivity index (χ2n) is 15.6. The van der Waals surface area contributed by atoms with Crippen molar-refractivity contribution in [3.05, 3.63) is 200 Å². The Kier molecular flexibility index (Phi) is 7.21. The van der Waals surface area contributed by atoms with Gasteiger partial charge in [0, 0.05) is 54.7 Å². The van der Waals surface area contributed by atoms with Crippen LogP contribution in [0.2, 0.25) is 0 Å². The molecule has 284 valence electrons. The number of aromatic nitrogens is 5. The topological polar surface area (TPSA) is 61.7 Å². The lowest BCUT2D eigenvalue weighted by Gasteiger charge is -2.13. The van der Waals surface area contributed by atoms with Crippen LogP contribution in [0.15, 0.2) is 205 Å². The minimum atomic E-state index is 0.573. The smallest absolute Gasteiger partial charge is 0.164 e. The van der Waals surface area contributed by atoms with Gasteiger partial charge in [-0.05, 0) is 71.4 Å². The van der Waals surface area contributed by atoms with Crippen molar-refractivity contribution in [2.24, 2.45) is 0 Å². The van der Waals surface area contributed by atoms with Gasteiger partial charge in [0.2, 0.25) is 0 Å². The summed E-state index contributed by atoms with van der Waals surface area (Å²) in [6, 6.07) is 70.2. The van der Waals surface area contributed by atoms with Crippen LogP contribution in [0.25, 0.3) is 122 Å². The Morgan fingerprint density at radius 2 is 0.934 bits per heavy atom. The highest BCUT2D eigenvalue weighted by atomic mass is 16.3. The predicted octanol–water partition coefficient (Wildman–Crippen LogP) is 14.1. The minimum absolute atomic E-state index is 0.573. The summed E-state index contributed by atoms with van der Waals surface area (Å²) in [7, 11) is 0. The zero-order chi connectivity index (χ0) is 40.0. The lowest BCUT2D eigenvalue weighted by molar-refractivity contribution is 0.666. The zero-order valence-corrected chi connectivity index (χ0v) is 32.7. The molecule has 6 heteroatoms. The van der Waals surface area contributed by atoms with E-state index in [1.807, 2.05) is 30.3 Å². The summed E-state index contributed by atoms with van der Waals surface area (Å²) in [6.45, 7) is 0. The van der Waals surface area contributed by atoms with Gasteiger partial charge in [0.05, 0.1) is 27.8 Å². The number of nitrogens with zero attached hydrogens (tertiary/aromatic N) is 5. The van der Waals surface area contributed by atoms with Gasteiger partial charge >= 0.3 is 0 Å². The number of hydrogen-bond acceptors (Lipinski definition) is 4. The van der Waals surface area contributed by atoms with Gasteiger partial charge in [-0.1, -0.05) is 140 Å². The summed E-state index contributed by atoms with van der Waals surface area (Å²) in [5.41, 5.74) is 10.8. The van der Waals surface area contributed by atoms with Crippen LogP contribution < -0.4 is 0 Å². The summed E-state index contributed by atoms with van der Waals surface area (Å²) >= 11 is 0. The van der Waals surface area contributed by atoms with Crippen LogP contribution in [0.3, 0.4) is 0 Å². The molecule has 13 rings (SSSR count). The summed E-state index contributed by atoms with van der Waals surface area (Å²) in [5.74, 6) is 1.77. The number of para-hydroxylation sites is 4. The van der Waals surface area contributed by atoms with Crippen LogP contribution in [0, 0.1) is 0 Å². The number of fused-ring (bicyclic) bond motifs is 10. The highest BCUT2D eigenvalue weighted by Crippen LogP contribution is 2.43. The molecule has 0 N–H and O–H groups in total. The van der Waals surface area contributed by atoms with E-state index in [1.165, 1.54) is 32.3 Å². The van der Waals surface area contributed by atoms with Crippen LogP contribution in [-0.2, 0) is 0 Å². The molecule has 4 heterocycles. The third-order valence-electron chi connectivity index (χ3n) is 12.1. The minimum Gasteiger partial charge on any atom is -0.454 e. The van der Waals surface area contributed by atoms with Crippen molar-refractivity contribution in [1.29, 1.82) is 0 Å². The van der Waals surface area contributed by atoms with Gasteiger partial charge in [-0.25, -0.2) is 15.0 Å². The maximum Gasteiger partial charge on any atom is 0.164 e. The molecule has 0 saturated heterocycles. The van der Waals surface area contributed by atoms with Gasteiger partial charge in [0.25, 0.3) is 0 Å². The van der Waals surface area contributed by atoms with E-state index >= 15 is 0 Å². The molecule has 0 atom stereocenters. The zero-order valence-electron chi connectivity index (χ0n) is 32.7. The summed E-state index contributed by atoms with van der Waals surface area (Å²) < 4.78 is 11.6. The molecule has 0 saturated carbocycles. The van der Waals surface area contributed by atoms with Crippen LogP contribution in [0.4, 0.5) is 0 Å². The molecule has 6 nitrogen and oxygen atoms in total. The molecule has 0 amide bonds. The molecule has 9 aromatic carbocycles. The van der Waals surface area contributed by atoms with Gasteiger partial charge in [-0.15, -0.1) is 0 Å². The quantitative estimate of drug-likeness (QED) is 0.175. The normalized spacial score (nSPS) is 11.9. The summed E-state index contributed by atoms with van der Waals surface area (Å²) in [4.78, 5) is 15.8. The van der Waals surface area contributed by atoms with Crippen molar-refractivity contribution in [2.45, 2.75) is 0 Å². The predicted molar refractivity (Wildman–Crippen MR) is 250 cm³/mol. The van der Waals surface area contributed by atoms with E-state index in [9.17, 15) is 0 Å². The van der Waals surface area contributed by atoms with E-state index in [-0.39, 0.29) is 0 Å². The van der Waals surface area contributed by atoms with Crippen molar-refractivity contribution in [3.8, 4) is 45.5 Å². The number of benzene rings is 9. The van der Waals surface area contributed by atoms with E-state index in [2.05, 4.69) is 179 Å². The second-order valence-corrected chi connectivity index (χ2v) is 15.6. The molecule has 61 heavy (non-hydrogen) atoms. The highest BCUT2D eigenvalue weighted by Gasteiger charge is 2.23. The molecule has 0 aliphatic carbocycles. The van der Waals surface area contributed by atoms with Gasteiger partial charge in [-0.2, -0.15) is 0 Å². The lowest BCUT2D eigenvalue weighted by Crippen LogP contribution is -2.01. The van der Waals surface area contributed by atoms with Crippen LogP contribution >= 0.6 is 0 Å². The summed E-state index contributed by atoms with van der Waals surface area (Å²) in [5, 5.41) is 9.09. The van der Waals surface area contributed by atoms with E-state index < -0.39 is 0 Å². The van der Waals surface area contributed by atoms with Crippen molar-refractivity contribution >= 4 is 76.3 Å². The van der Waals surface area contributed by atoms with Crippen molar-refractivity contribution in [1.82, 2.24) is 24.1 Å². The molecule has 0 bridgehead atoms. The number of rotatable bonds is 5. The Labute approximate surface area is 349 Å². The SMILES string of the molecule is c1ccc(-c2nc(-c3ccc4c5ccccc5n(-c5ccccc5)c4c3)nc(-c3ccc(-n4c5ccccc5c5cc6ccccc6cc54)c4oc5ccccc5c34)n2)cc1. The molecule has 0 unspecified atom stereocenters. The Bertz CT molecular complexity index is 3880. The maximum absolute atomic E-state index is 6.92. The molecular formula is C55H33N5O. The first-order valence-electron chi connectivity index (χ1n) is 20.5. The first-order chi connectivity index (χ1) is 30.2. The molecule has 0 fully saturated rings. The Morgan fingerprint density at radius 3 is 1.72 bits per heavy atom. The van der Waals surface area contributed by atoms with E-state index in [0.29, 0.717) is 17.5 Å².